The fraction of sp³-hybridized carbons (Fsp3) is 0.500. The summed E-state index contributed by atoms with van der Waals surface area (Å²) in [7, 11) is 0. The molecule has 1 atom stereocenters. The molecule has 0 aromatic heterocycles. The first-order chi connectivity index (χ1) is 9.22. The third-order valence-corrected chi connectivity index (χ3v) is 3.38. The maximum absolute atomic E-state index is 11.4. The van der Waals surface area contributed by atoms with Gasteiger partial charge in [-0.2, -0.15) is 0 Å². The molecule has 1 aliphatic rings. The Kier molecular flexibility index (Phi) is 4.63. The lowest BCUT2D eigenvalue weighted by molar-refractivity contribution is 0.234. The van der Waals surface area contributed by atoms with Crippen molar-refractivity contribution in [1.29, 1.82) is 0 Å². The maximum Gasteiger partial charge on any atom is 0.314 e. The Hall–Kier alpha value is -1.75. The van der Waals surface area contributed by atoms with Crippen LogP contribution >= 0.6 is 0 Å². The molecule has 1 aromatic rings. The predicted molar refractivity (Wildman–Crippen MR) is 75.4 cm³/mol. The summed E-state index contributed by atoms with van der Waals surface area (Å²) in [6.45, 7) is 3.84. The monoisotopic (exact) mass is 263 g/mol. The molecule has 1 unspecified atom stereocenters. The molecular weight excluding hydrogens is 242 g/mol. The van der Waals surface area contributed by atoms with E-state index in [4.69, 9.17) is 5.11 Å². The second-order valence-corrected chi connectivity index (χ2v) is 4.78. The zero-order valence-electron chi connectivity index (χ0n) is 11.2. The Morgan fingerprint density at radius 1 is 1.37 bits per heavy atom. The van der Waals surface area contributed by atoms with Gasteiger partial charge in [-0.1, -0.05) is 18.2 Å². The molecule has 0 radical (unpaired) electrons. The minimum atomic E-state index is -0.228. The maximum atomic E-state index is 11.4. The van der Waals surface area contributed by atoms with E-state index < -0.39 is 0 Å². The van der Waals surface area contributed by atoms with E-state index in [0.29, 0.717) is 12.6 Å². The van der Waals surface area contributed by atoms with Crippen LogP contribution in [0.5, 0.6) is 0 Å². The molecule has 5 nitrogen and oxygen atoms in total. The first-order valence-electron chi connectivity index (χ1n) is 6.69. The van der Waals surface area contributed by atoms with Crippen LogP contribution in [-0.2, 0) is 6.42 Å². The molecule has 2 amide bonds. The van der Waals surface area contributed by atoms with Crippen molar-refractivity contribution in [3.8, 4) is 0 Å². The minimum Gasteiger partial charge on any atom is -0.395 e. The van der Waals surface area contributed by atoms with E-state index in [-0.39, 0.29) is 19.2 Å². The van der Waals surface area contributed by atoms with Gasteiger partial charge < -0.3 is 20.6 Å². The van der Waals surface area contributed by atoms with Gasteiger partial charge in [-0.15, -0.1) is 0 Å². The van der Waals surface area contributed by atoms with E-state index in [9.17, 15) is 4.79 Å². The molecule has 3 N–H and O–H groups in total. The van der Waals surface area contributed by atoms with Gasteiger partial charge in [0.1, 0.15) is 0 Å². The smallest absolute Gasteiger partial charge is 0.314 e. The van der Waals surface area contributed by atoms with Crippen molar-refractivity contribution in [3.63, 3.8) is 0 Å². The normalized spacial score (nSPS) is 17.2. The second kappa shape index (κ2) is 6.43. The summed E-state index contributed by atoms with van der Waals surface area (Å²) in [5.41, 5.74) is 2.65. The van der Waals surface area contributed by atoms with Crippen LogP contribution in [0.15, 0.2) is 24.3 Å². The number of carbonyl (C=O) groups is 1. The number of benzene rings is 1. The number of anilines is 1. The van der Waals surface area contributed by atoms with E-state index in [1.807, 2.05) is 6.07 Å². The highest BCUT2D eigenvalue weighted by atomic mass is 16.3. The lowest BCUT2D eigenvalue weighted by Gasteiger charge is -2.25. The number of rotatable bonds is 5. The summed E-state index contributed by atoms with van der Waals surface area (Å²) >= 11 is 0. The lowest BCUT2D eigenvalue weighted by Crippen LogP contribution is -2.42. The third-order valence-electron chi connectivity index (χ3n) is 3.38. The van der Waals surface area contributed by atoms with Crippen molar-refractivity contribution in [2.24, 2.45) is 0 Å². The molecule has 1 aromatic carbocycles. The van der Waals surface area contributed by atoms with Gasteiger partial charge in [0.25, 0.3) is 0 Å². The van der Waals surface area contributed by atoms with Crippen molar-refractivity contribution in [2.75, 3.05) is 31.1 Å². The molecular formula is C14H21N3O2. The molecule has 0 fully saturated rings. The highest BCUT2D eigenvalue weighted by molar-refractivity contribution is 5.73. The second-order valence-electron chi connectivity index (χ2n) is 4.78. The van der Waals surface area contributed by atoms with Gasteiger partial charge in [0.15, 0.2) is 0 Å². The summed E-state index contributed by atoms with van der Waals surface area (Å²) in [6, 6.07) is 8.65. The van der Waals surface area contributed by atoms with Gasteiger partial charge in [0, 0.05) is 31.4 Å². The largest absolute Gasteiger partial charge is 0.395 e. The van der Waals surface area contributed by atoms with Crippen molar-refractivity contribution >= 4 is 11.7 Å². The zero-order chi connectivity index (χ0) is 13.7. The van der Waals surface area contributed by atoms with Crippen molar-refractivity contribution in [2.45, 2.75) is 19.4 Å². The van der Waals surface area contributed by atoms with E-state index in [2.05, 4.69) is 40.7 Å². The zero-order valence-corrected chi connectivity index (χ0v) is 11.2. The Morgan fingerprint density at radius 2 is 2.11 bits per heavy atom. The van der Waals surface area contributed by atoms with Crippen molar-refractivity contribution in [3.05, 3.63) is 29.8 Å². The first-order valence-corrected chi connectivity index (χ1v) is 6.69. The van der Waals surface area contributed by atoms with Gasteiger partial charge in [-0.25, -0.2) is 4.79 Å². The lowest BCUT2D eigenvalue weighted by atomic mass is 10.1. The number of amides is 2. The molecule has 5 heteroatoms. The van der Waals surface area contributed by atoms with Gasteiger partial charge in [0.2, 0.25) is 0 Å². The van der Waals surface area contributed by atoms with Crippen LogP contribution in [-0.4, -0.2) is 43.4 Å². The molecule has 104 valence electrons. The minimum absolute atomic E-state index is 0.0377. The van der Waals surface area contributed by atoms with Crippen molar-refractivity contribution in [1.82, 2.24) is 10.6 Å². The molecule has 19 heavy (non-hydrogen) atoms. The summed E-state index contributed by atoms with van der Waals surface area (Å²) in [6.07, 6.45) is 1.06. The molecule has 0 aliphatic carbocycles. The number of nitrogens with zero attached hydrogens (tertiary/aromatic N) is 1. The number of nitrogens with one attached hydrogen (secondary N) is 2. The standard InChI is InChI=1S/C14H21N3O2/c1-11-10-12-4-2-3-5-13(12)17(11)8-6-15-14(19)16-7-9-18/h2-5,11,18H,6-10H2,1H3,(H2,15,16,19). The highest BCUT2D eigenvalue weighted by Crippen LogP contribution is 2.30. The fourth-order valence-electron chi connectivity index (χ4n) is 2.49. The summed E-state index contributed by atoms with van der Waals surface area (Å²) in [5.74, 6) is 0. The average molecular weight is 263 g/mol. The number of aliphatic hydroxyl groups is 1. The summed E-state index contributed by atoms with van der Waals surface area (Å²) in [5, 5.41) is 14.0. The fourth-order valence-corrected chi connectivity index (χ4v) is 2.49. The molecule has 0 bridgehead atoms. The molecule has 1 aliphatic heterocycles. The van der Waals surface area contributed by atoms with E-state index >= 15 is 0 Å². The Balaban J connectivity index is 1.82. The van der Waals surface area contributed by atoms with Gasteiger partial charge in [-0.05, 0) is 25.0 Å². The number of fused-ring (bicyclic) bond motifs is 1. The van der Waals surface area contributed by atoms with Crippen LogP contribution in [0, 0.1) is 0 Å². The summed E-state index contributed by atoms with van der Waals surface area (Å²) < 4.78 is 0. The number of urea groups is 1. The number of aliphatic hydroxyl groups excluding tert-OH is 1. The Labute approximate surface area is 113 Å². The van der Waals surface area contributed by atoms with Crippen LogP contribution in [0.2, 0.25) is 0 Å². The average Bonchev–Trinajstić information content (AvgIpc) is 2.73. The van der Waals surface area contributed by atoms with Gasteiger partial charge in [0.05, 0.1) is 6.61 Å². The SMILES string of the molecule is CC1Cc2ccccc2N1CCNC(=O)NCCO. The Morgan fingerprint density at radius 3 is 2.89 bits per heavy atom. The molecule has 2 rings (SSSR count). The van der Waals surface area contributed by atoms with E-state index in [0.717, 1.165) is 13.0 Å². The number of hydrogen-bond acceptors (Lipinski definition) is 3. The molecule has 0 saturated carbocycles. The number of carbonyl (C=O) groups excluding carboxylic acids is 1. The van der Waals surface area contributed by atoms with Gasteiger partial charge in [-0.3, -0.25) is 0 Å². The predicted octanol–water partition coefficient (Wildman–Crippen LogP) is 0.729. The molecule has 0 saturated heterocycles. The highest BCUT2D eigenvalue weighted by Gasteiger charge is 2.24. The molecule has 0 spiro atoms. The third kappa shape index (κ3) is 3.38. The topological polar surface area (TPSA) is 64.6 Å². The van der Waals surface area contributed by atoms with E-state index in [1.165, 1.54) is 11.3 Å². The molecule has 1 heterocycles. The van der Waals surface area contributed by atoms with Gasteiger partial charge >= 0.3 is 6.03 Å². The van der Waals surface area contributed by atoms with Crippen LogP contribution in [0.3, 0.4) is 0 Å². The van der Waals surface area contributed by atoms with Crippen LogP contribution in [0.25, 0.3) is 0 Å². The Bertz CT molecular complexity index is 436. The number of para-hydroxylation sites is 1. The number of hydrogen-bond donors (Lipinski definition) is 3. The van der Waals surface area contributed by atoms with Crippen molar-refractivity contribution < 1.29 is 9.90 Å². The quantitative estimate of drug-likeness (QED) is 0.734. The van der Waals surface area contributed by atoms with Crippen LogP contribution < -0.4 is 15.5 Å². The van der Waals surface area contributed by atoms with Crippen LogP contribution in [0.4, 0.5) is 10.5 Å². The first kappa shape index (κ1) is 13.7. The summed E-state index contributed by atoms with van der Waals surface area (Å²) in [4.78, 5) is 13.7. The van der Waals surface area contributed by atoms with E-state index in [1.54, 1.807) is 0 Å². The van der Waals surface area contributed by atoms with Crippen LogP contribution in [0.1, 0.15) is 12.5 Å².